The van der Waals surface area contributed by atoms with E-state index in [0.717, 1.165) is 17.9 Å². The molecule has 0 aliphatic heterocycles. The Hall–Kier alpha value is -1.22. The molecule has 16 heavy (non-hydrogen) atoms. The van der Waals surface area contributed by atoms with Crippen LogP contribution in [0.15, 0.2) is 42.5 Å². The van der Waals surface area contributed by atoms with E-state index in [2.05, 4.69) is 13.5 Å². The molecule has 86 valence electrons. The smallest absolute Gasteiger partial charge is 0.263 e. The first-order valence-corrected chi connectivity index (χ1v) is 6.29. The van der Waals surface area contributed by atoms with Crippen molar-refractivity contribution in [3.05, 3.63) is 42.5 Å². The van der Waals surface area contributed by atoms with Gasteiger partial charge in [-0.05, 0) is 37.4 Å². The van der Waals surface area contributed by atoms with Crippen molar-refractivity contribution in [3.8, 4) is 0 Å². The van der Waals surface area contributed by atoms with Gasteiger partial charge < -0.3 is 0 Å². The quantitative estimate of drug-likeness (QED) is 0.573. The monoisotopic (exact) mass is 235 g/mol. The van der Waals surface area contributed by atoms with E-state index >= 15 is 0 Å². The third-order valence-corrected chi connectivity index (χ3v) is 3.19. The highest BCUT2D eigenvalue weighted by molar-refractivity contribution is 8.01. The third-order valence-electron chi connectivity index (χ3n) is 1.96. The van der Waals surface area contributed by atoms with Gasteiger partial charge in [-0.2, -0.15) is 0 Å². The number of hydrogen-bond acceptors (Lipinski definition) is 2. The Morgan fingerprint density at radius 2 is 2.00 bits per heavy atom. The number of amides is 1. The molecule has 0 spiro atoms. The third kappa shape index (κ3) is 3.42. The molecule has 1 aromatic carbocycles. The summed E-state index contributed by atoms with van der Waals surface area (Å²) in [6, 6.07) is 9.67. The van der Waals surface area contributed by atoms with Crippen LogP contribution in [0.25, 0.3) is 0 Å². The SMILES string of the molecule is C=C(C)C(=O)N(SCCC)c1ccccc1. The van der Waals surface area contributed by atoms with Crippen LogP contribution in [0.1, 0.15) is 20.3 Å². The number of anilines is 1. The molecule has 0 atom stereocenters. The number of carbonyl (C=O) groups excluding carboxylic acids is 1. The van der Waals surface area contributed by atoms with Gasteiger partial charge in [0.2, 0.25) is 0 Å². The largest absolute Gasteiger partial charge is 0.268 e. The molecule has 0 aliphatic rings. The minimum absolute atomic E-state index is 0.0235. The molecule has 0 bridgehead atoms. The summed E-state index contributed by atoms with van der Waals surface area (Å²) in [4.78, 5) is 12.0. The van der Waals surface area contributed by atoms with Gasteiger partial charge in [-0.25, -0.2) is 0 Å². The van der Waals surface area contributed by atoms with E-state index < -0.39 is 0 Å². The van der Waals surface area contributed by atoms with Crippen LogP contribution < -0.4 is 4.31 Å². The Morgan fingerprint density at radius 1 is 1.38 bits per heavy atom. The second-order valence-corrected chi connectivity index (χ2v) is 4.58. The predicted octanol–water partition coefficient (Wildman–Crippen LogP) is 3.65. The van der Waals surface area contributed by atoms with Crippen molar-refractivity contribution in [3.63, 3.8) is 0 Å². The summed E-state index contributed by atoms with van der Waals surface area (Å²) in [5.74, 6) is 0.901. The lowest BCUT2D eigenvalue weighted by Crippen LogP contribution is -2.24. The van der Waals surface area contributed by atoms with Gasteiger partial charge in [-0.3, -0.25) is 9.10 Å². The molecule has 0 N–H and O–H groups in total. The standard InChI is InChI=1S/C13H17NOS/c1-4-10-16-14(13(15)11(2)3)12-8-6-5-7-9-12/h5-9H,2,4,10H2,1,3H3. The van der Waals surface area contributed by atoms with E-state index in [4.69, 9.17) is 0 Å². The maximum absolute atomic E-state index is 12.0. The molecular formula is C13H17NOS. The molecule has 1 rings (SSSR count). The summed E-state index contributed by atoms with van der Waals surface area (Å²) in [6.07, 6.45) is 1.04. The summed E-state index contributed by atoms with van der Waals surface area (Å²) in [5.41, 5.74) is 1.47. The highest BCUT2D eigenvalue weighted by Gasteiger charge is 2.16. The van der Waals surface area contributed by atoms with Crippen molar-refractivity contribution in [2.75, 3.05) is 10.1 Å². The summed E-state index contributed by atoms with van der Waals surface area (Å²) >= 11 is 1.53. The second kappa shape index (κ2) is 6.38. The zero-order valence-corrected chi connectivity index (χ0v) is 10.6. The van der Waals surface area contributed by atoms with E-state index in [9.17, 15) is 4.79 Å². The number of rotatable bonds is 5. The molecule has 0 aromatic heterocycles. The molecule has 0 heterocycles. The topological polar surface area (TPSA) is 20.3 Å². The van der Waals surface area contributed by atoms with Crippen LogP contribution in [0, 0.1) is 0 Å². The molecule has 2 nitrogen and oxygen atoms in total. The molecule has 0 saturated carbocycles. The molecule has 0 saturated heterocycles. The number of carbonyl (C=O) groups is 1. The van der Waals surface area contributed by atoms with Crippen LogP contribution in [0.4, 0.5) is 5.69 Å². The fourth-order valence-corrected chi connectivity index (χ4v) is 2.08. The van der Waals surface area contributed by atoms with E-state index in [1.54, 1.807) is 11.2 Å². The Bertz CT molecular complexity index is 361. The van der Waals surface area contributed by atoms with E-state index in [1.165, 1.54) is 11.9 Å². The second-order valence-electron chi connectivity index (χ2n) is 3.55. The van der Waals surface area contributed by atoms with Crippen molar-refractivity contribution in [1.29, 1.82) is 0 Å². The maximum atomic E-state index is 12.0. The fourth-order valence-electron chi connectivity index (χ4n) is 1.17. The van der Waals surface area contributed by atoms with E-state index in [1.807, 2.05) is 30.3 Å². The molecule has 1 amide bonds. The van der Waals surface area contributed by atoms with Gasteiger partial charge in [0.15, 0.2) is 0 Å². The minimum atomic E-state index is -0.0235. The predicted molar refractivity (Wildman–Crippen MR) is 71.5 cm³/mol. The van der Waals surface area contributed by atoms with Gasteiger partial charge in [-0.15, -0.1) is 0 Å². The molecule has 0 unspecified atom stereocenters. The summed E-state index contributed by atoms with van der Waals surface area (Å²) in [5, 5.41) is 0. The molecule has 3 heteroatoms. The van der Waals surface area contributed by atoms with Crippen molar-refractivity contribution < 1.29 is 4.79 Å². The van der Waals surface area contributed by atoms with Gasteiger partial charge in [0.25, 0.3) is 5.91 Å². The first-order chi connectivity index (χ1) is 7.66. The van der Waals surface area contributed by atoms with Crippen LogP contribution in [-0.4, -0.2) is 11.7 Å². The van der Waals surface area contributed by atoms with Gasteiger partial charge in [0.1, 0.15) is 0 Å². The summed E-state index contributed by atoms with van der Waals surface area (Å²) in [7, 11) is 0. The van der Waals surface area contributed by atoms with Crippen LogP contribution in [0.2, 0.25) is 0 Å². The van der Waals surface area contributed by atoms with Gasteiger partial charge in [-0.1, -0.05) is 31.7 Å². The Morgan fingerprint density at radius 3 is 2.50 bits per heavy atom. The summed E-state index contributed by atoms with van der Waals surface area (Å²) < 4.78 is 1.71. The normalized spacial score (nSPS) is 9.88. The molecular weight excluding hydrogens is 218 g/mol. The van der Waals surface area contributed by atoms with Crippen LogP contribution >= 0.6 is 11.9 Å². The first-order valence-electron chi connectivity index (χ1n) is 5.34. The van der Waals surface area contributed by atoms with Crippen molar-refractivity contribution in [1.82, 2.24) is 0 Å². The van der Waals surface area contributed by atoms with Crippen molar-refractivity contribution >= 4 is 23.5 Å². The number of hydrogen-bond donors (Lipinski definition) is 0. The molecule has 1 aromatic rings. The van der Waals surface area contributed by atoms with Crippen molar-refractivity contribution in [2.45, 2.75) is 20.3 Å². The van der Waals surface area contributed by atoms with Crippen LogP contribution in [-0.2, 0) is 4.79 Å². The number of benzene rings is 1. The van der Waals surface area contributed by atoms with Crippen LogP contribution in [0.3, 0.4) is 0 Å². The minimum Gasteiger partial charge on any atom is -0.268 e. The average molecular weight is 235 g/mol. The molecule has 0 aliphatic carbocycles. The highest BCUT2D eigenvalue weighted by Crippen LogP contribution is 2.24. The molecule has 0 radical (unpaired) electrons. The van der Waals surface area contributed by atoms with Gasteiger partial charge >= 0.3 is 0 Å². The Kier molecular flexibility index (Phi) is 5.12. The Balaban J connectivity index is 2.87. The Labute approximate surface area is 101 Å². The highest BCUT2D eigenvalue weighted by atomic mass is 32.2. The maximum Gasteiger partial charge on any atom is 0.263 e. The van der Waals surface area contributed by atoms with E-state index in [0.29, 0.717) is 5.57 Å². The van der Waals surface area contributed by atoms with Gasteiger partial charge in [0.05, 0.1) is 5.69 Å². The fraction of sp³-hybridized carbons (Fsp3) is 0.308. The van der Waals surface area contributed by atoms with Crippen LogP contribution in [0.5, 0.6) is 0 Å². The van der Waals surface area contributed by atoms with Crippen molar-refractivity contribution in [2.24, 2.45) is 0 Å². The number of para-hydroxylation sites is 1. The zero-order valence-electron chi connectivity index (χ0n) is 9.77. The lowest BCUT2D eigenvalue weighted by Gasteiger charge is -2.21. The average Bonchev–Trinajstić information content (AvgIpc) is 2.30. The van der Waals surface area contributed by atoms with Gasteiger partial charge in [0, 0.05) is 11.3 Å². The summed E-state index contributed by atoms with van der Waals surface area (Å²) in [6.45, 7) is 7.54. The zero-order chi connectivity index (χ0) is 12.0. The lowest BCUT2D eigenvalue weighted by atomic mass is 10.3. The lowest BCUT2D eigenvalue weighted by molar-refractivity contribution is -0.113. The first kappa shape index (κ1) is 12.8. The molecule has 0 fully saturated rings. The number of nitrogens with zero attached hydrogens (tertiary/aromatic N) is 1. The van der Waals surface area contributed by atoms with E-state index in [-0.39, 0.29) is 5.91 Å².